The molecule has 23 heavy (non-hydrogen) atoms. The first-order valence-corrected chi connectivity index (χ1v) is 7.66. The summed E-state index contributed by atoms with van der Waals surface area (Å²) in [7, 11) is 0. The Morgan fingerprint density at radius 3 is 2.65 bits per heavy atom. The van der Waals surface area contributed by atoms with Crippen molar-refractivity contribution >= 4 is 23.7 Å². The van der Waals surface area contributed by atoms with E-state index in [4.69, 9.17) is 16.3 Å². The van der Waals surface area contributed by atoms with Gasteiger partial charge in [-0.05, 0) is 55.7 Å². The highest BCUT2D eigenvalue weighted by Gasteiger charge is 2.14. The van der Waals surface area contributed by atoms with Crippen LogP contribution in [-0.4, -0.2) is 18.2 Å². The molecule has 0 saturated carbocycles. The van der Waals surface area contributed by atoms with E-state index in [-0.39, 0.29) is 5.91 Å². The summed E-state index contributed by atoms with van der Waals surface area (Å²) in [6.45, 7) is 5.53. The van der Waals surface area contributed by atoms with Crippen molar-refractivity contribution < 1.29 is 9.53 Å². The van der Waals surface area contributed by atoms with Gasteiger partial charge in [0.05, 0.1) is 6.21 Å². The van der Waals surface area contributed by atoms with Gasteiger partial charge < -0.3 is 4.74 Å². The van der Waals surface area contributed by atoms with Gasteiger partial charge >= 0.3 is 0 Å². The number of carbonyl (C=O) groups excluding carboxylic acids is 1. The molecular weight excluding hydrogens is 312 g/mol. The summed E-state index contributed by atoms with van der Waals surface area (Å²) in [5, 5.41) is 4.64. The van der Waals surface area contributed by atoms with Gasteiger partial charge in [-0.2, -0.15) is 5.10 Å². The van der Waals surface area contributed by atoms with Crippen LogP contribution in [0.3, 0.4) is 0 Å². The molecular formula is C18H19ClN2O2. The molecule has 0 aromatic heterocycles. The number of nitrogens with one attached hydrogen (secondary N) is 1. The average molecular weight is 331 g/mol. The lowest BCUT2D eigenvalue weighted by Gasteiger charge is -2.13. The zero-order chi connectivity index (χ0) is 16.8. The summed E-state index contributed by atoms with van der Waals surface area (Å²) < 4.78 is 5.59. The first-order valence-electron chi connectivity index (χ1n) is 7.28. The molecule has 0 saturated heterocycles. The van der Waals surface area contributed by atoms with Crippen molar-refractivity contribution in [2.45, 2.75) is 26.9 Å². The van der Waals surface area contributed by atoms with Crippen molar-refractivity contribution in [3.05, 3.63) is 64.2 Å². The molecule has 0 spiro atoms. The molecule has 0 aliphatic carbocycles. The van der Waals surface area contributed by atoms with E-state index in [2.05, 4.69) is 10.5 Å². The molecule has 0 aliphatic heterocycles. The van der Waals surface area contributed by atoms with Gasteiger partial charge in [-0.15, -0.1) is 0 Å². The van der Waals surface area contributed by atoms with Gasteiger partial charge in [0.1, 0.15) is 5.75 Å². The van der Waals surface area contributed by atoms with Crippen molar-refractivity contribution in [3.8, 4) is 5.75 Å². The van der Waals surface area contributed by atoms with Crippen molar-refractivity contribution in [1.29, 1.82) is 0 Å². The summed E-state index contributed by atoms with van der Waals surface area (Å²) >= 11 is 5.97. The van der Waals surface area contributed by atoms with Crippen LogP contribution in [0.25, 0.3) is 0 Å². The van der Waals surface area contributed by atoms with Gasteiger partial charge in [-0.25, -0.2) is 5.43 Å². The molecule has 2 aromatic rings. The topological polar surface area (TPSA) is 50.7 Å². The first-order chi connectivity index (χ1) is 11.0. The first kappa shape index (κ1) is 17.0. The summed E-state index contributed by atoms with van der Waals surface area (Å²) in [5.74, 6) is 0.278. The van der Waals surface area contributed by atoms with Crippen molar-refractivity contribution in [2.24, 2.45) is 5.10 Å². The van der Waals surface area contributed by atoms with Crippen LogP contribution in [0.5, 0.6) is 5.75 Å². The number of rotatable bonds is 5. The summed E-state index contributed by atoms with van der Waals surface area (Å²) in [5.41, 5.74) is 5.42. The third-order valence-corrected chi connectivity index (χ3v) is 3.80. The SMILES string of the molecule is Cc1cc(OC(C)C(=O)N/N=C/c2ccccc2C)ccc1Cl. The molecule has 1 unspecified atom stereocenters. The molecule has 5 heteroatoms. The number of halogens is 1. The van der Waals surface area contributed by atoms with Gasteiger partial charge in [0.15, 0.2) is 6.10 Å². The fourth-order valence-corrected chi connectivity index (χ4v) is 2.05. The molecule has 2 rings (SSSR count). The normalized spacial score (nSPS) is 12.2. The van der Waals surface area contributed by atoms with Crippen LogP contribution in [0.2, 0.25) is 5.02 Å². The third-order valence-electron chi connectivity index (χ3n) is 3.38. The molecule has 4 nitrogen and oxygen atoms in total. The number of hydrogen-bond acceptors (Lipinski definition) is 3. The minimum atomic E-state index is -0.662. The maximum Gasteiger partial charge on any atom is 0.280 e. The number of nitrogens with zero attached hydrogens (tertiary/aromatic N) is 1. The molecule has 0 aliphatic rings. The minimum absolute atomic E-state index is 0.317. The molecule has 1 N–H and O–H groups in total. The standard InChI is InChI=1S/C18H19ClN2O2/c1-12-6-4-5-7-15(12)11-20-21-18(22)14(3)23-16-8-9-17(19)13(2)10-16/h4-11,14H,1-3H3,(H,21,22)/b20-11+. The Morgan fingerprint density at radius 1 is 1.22 bits per heavy atom. The minimum Gasteiger partial charge on any atom is -0.481 e. The number of hydrogen-bond donors (Lipinski definition) is 1. The number of hydrazone groups is 1. The Morgan fingerprint density at radius 2 is 1.96 bits per heavy atom. The smallest absolute Gasteiger partial charge is 0.280 e. The van der Waals surface area contributed by atoms with E-state index in [0.717, 1.165) is 16.7 Å². The lowest BCUT2D eigenvalue weighted by molar-refractivity contribution is -0.127. The monoisotopic (exact) mass is 330 g/mol. The largest absolute Gasteiger partial charge is 0.481 e. The molecule has 0 fully saturated rings. The predicted molar refractivity (Wildman–Crippen MR) is 93.2 cm³/mol. The molecule has 0 bridgehead atoms. The van der Waals surface area contributed by atoms with E-state index < -0.39 is 6.10 Å². The Hall–Kier alpha value is -2.33. The Balaban J connectivity index is 1.92. The second kappa shape index (κ2) is 7.79. The second-order valence-corrected chi connectivity index (χ2v) is 5.67. The van der Waals surface area contributed by atoms with Crippen molar-refractivity contribution in [3.63, 3.8) is 0 Å². The van der Waals surface area contributed by atoms with E-state index in [0.29, 0.717) is 10.8 Å². The van der Waals surface area contributed by atoms with E-state index in [1.807, 2.05) is 38.1 Å². The van der Waals surface area contributed by atoms with Crippen LogP contribution in [0.15, 0.2) is 47.6 Å². The molecule has 1 atom stereocenters. The van der Waals surface area contributed by atoms with Gasteiger partial charge in [-0.3, -0.25) is 4.79 Å². The Labute approximate surface area is 141 Å². The number of carbonyl (C=O) groups is 1. The average Bonchev–Trinajstić information content (AvgIpc) is 2.52. The van der Waals surface area contributed by atoms with Crippen molar-refractivity contribution in [2.75, 3.05) is 0 Å². The van der Waals surface area contributed by atoms with Crippen LogP contribution in [0, 0.1) is 13.8 Å². The van der Waals surface area contributed by atoms with Crippen LogP contribution in [0.1, 0.15) is 23.6 Å². The maximum absolute atomic E-state index is 12.0. The Bertz CT molecular complexity index is 729. The van der Waals surface area contributed by atoms with Gasteiger partial charge in [0.25, 0.3) is 5.91 Å². The van der Waals surface area contributed by atoms with Crippen LogP contribution < -0.4 is 10.2 Å². The van der Waals surface area contributed by atoms with E-state index in [9.17, 15) is 4.79 Å². The molecule has 120 valence electrons. The van der Waals surface area contributed by atoms with Crippen LogP contribution in [0.4, 0.5) is 0 Å². The van der Waals surface area contributed by atoms with E-state index >= 15 is 0 Å². The molecule has 0 radical (unpaired) electrons. The number of ether oxygens (including phenoxy) is 1. The van der Waals surface area contributed by atoms with E-state index in [1.54, 1.807) is 31.3 Å². The van der Waals surface area contributed by atoms with Crippen LogP contribution in [-0.2, 0) is 4.79 Å². The fourth-order valence-electron chi connectivity index (χ4n) is 1.94. The summed E-state index contributed by atoms with van der Waals surface area (Å²) in [4.78, 5) is 12.0. The molecule has 2 aromatic carbocycles. The van der Waals surface area contributed by atoms with Crippen LogP contribution >= 0.6 is 11.6 Å². The summed E-state index contributed by atoms with van der Waals surface area (Å²) in [6.07, 6.45) is 0.955. The number of aryl methyl sites for hydroxylation is 2. The zero-order valence-electron chi connectivity index (χ0n) is 13.3. The second-order valence-electron chi connectivity index (χ2n) is 5.26. The quantitative estimate of drug-likeness (QED) is 0.668. The van der Waals surface area contributed by atoms with Gasteiger partial charge in [0.2, 0.25) is 0 Å². The highest BCUT2D eigenvalue weighted by molar-refractivity contribution is 6.31. The predicted octanol–water partition coefficient (Wildman–Crippen LogP) is 3.87. The number of benzene rings is 2. The number of amides is 1. The lowest BCUT2D eigenvalue weighted by atomic mass is 10.1. The summed E-state index contributed by atoms with van der Waals surface area (Å²) in [6, 6.07) is 13.1. The van der Waals surface area contributed by atoms with E-state index in [1.165, 1.54) is 0 Å². The molecule has 1 amide bonds. The fraction of sp³-hybridized carbons (Fsp3) is 0.222. The van der Waals surface area contributed by atoms with Gasteiger partial charge in [-0.1, -0.05) is 35.9 Å². The maximum atomic E-state index is 12.0. The highest BCUT2D eigenvalue weighted by Crippen LogP contribution is 2.21. The highest BCUT2D eigenvalue weighted by atomic mass is 35.5. The Kier molecular flexibility index (Phi) is 5.77. The van der Waals surface area contributed by atoms with Crippen molar-refractivity contribution in [1.82, 2.24) is 5.43 Å². The third kappa shape index (κ3) is 4.83. The van der Waals surface area contributed by atoms with Gasteiger partial charge in [0, 0.05) is 5.02 Å². The lowest BCUT2D eigenvalue weighted by Crippen LogP contribution is -2.33. The zero-order valence-corrected chi connectivity index (χ0v) is 14.1. The molecule has 0 heterocycles.